The lowest BCUT2D eigenvalue weighted by molar-refractivity contribution is -0.117. The van der Waals surface area contributed by atoms with E-state index in [1.807, 2.05) is 32.0 Å². The van der Waals surface area contributed by atoms with Crippen LogP contribution in [0, 0.1) is 11.6 Å². The second-order valence-corrected chi connectivity index (χ2v) is 6.93. The number of nitrogens with one attached hydrogen (secondary N) is 1. The number of morpholine rings is 1. The van der Waals surface area contributed by atoms with Gasteiger partial charge < -0.3 is 15.0 Å². The normalized spacial score (nSPS) is 18.3. The molecule has 1 aliphatic heterocycles. The Kier molecular flexibility index (Phi) is 6.41. The average molecular weight is 386 g/mol. The highest BCUT2D eigenvalue weighted by Gasteiger charge is 2.18. The molecule has 2 atom stereocenters. The summed E-state index contributed by atoms with van der Waals surface area (Å²) < 4.78 is 32.5. The summed E-state index contributed by atoms with van der Waals surface area (Å²) in [5, 5.41) is 2.85. The third-order valence-electron chi connectivity index (χ3n) is 4.73. The smallest absolute Gasteiger partial charge is 0.244 e. The Labute approximate surface area is 163 Å². The summed E-state index contributed by atoms with van der Waals surface area (Å²) >= 11 is 0. The molecule has 4 nitrogen and oxygen atoms in total. The minimum atomic E-state index is -0.966. The fourth-order valence-electron chi connectivity index (χ4n) is 3.20. The van der Waals surface area contributed by atoms with Crippen LogP contribution in [0.2, 0.25) is 0 Å². The van der Waals surface area contributed by atoms with Crippen LogP contribution in [0.4, 0.5) is 14.5 Å². The summed E-state index contributed by atoms with van der Waals surface area (Å²) in [5.41, 5.74) is 2.09. The molecule has 0 radical (unpaired) electrons. The van der Waals surface area contributed by atoms with Crippen molar-refractivity contribution in [3.8, 4) is 0 Å². The third-order valence-corrected chi connectivity index (χ3v) is 4.73. The van der Waals surface area contributed by atoms with Gasteiger partial charge in [-0.05, 0) is 43.7 Å². The van der Waals surface area contributed by atoms with Crippen LogP contribution in [0.5, 0.6) is 0 Å². The Morgan fingerprint density at radius 1 is 1.29 bits per heavy atom. The average Bonchev–Trinajstić information content (AvgIpc) is 2.69. The van der Waals surface area contributed by atoms with Crippen LogP contribution in [0.1, 0.15) is 31.0 Å². The number of carbonyl (C=O) groups excluding carboxylic acids is 1. The van der Waals surface area contributed by atoms with Crippen LogP contribution >= 0.6 is 0 Å². The van der Waals surface area contributed by atoms with Gasteiger partial charge in [0.25, 0.3) is 0 Å². The van der Waals surface area contributed by atoms with E-state index in [2.05, 4.69) is 16.3 Å². The Hall–Kier alpha value is -2.73. The molecule has 3 rings (SSSR count). The molecule has 0 bridgehead atoms. The van der Waals surface area contributed by atoms with E-state index < -0.39 is 11.6 Å². The number of anilines is 1. The number of carbonyl (C=O) groups is 1. The molecule has 1 amide bonds. The molecule has 6 heteroatoms. The van der Waals surface area contributed by atoms with Crippen LogP contribution in [-0.4, -0.2) is 31.7 Å². The molecule has 28 heavy (non-hydrogen) atoms. The van der Waals surface area contributed by atoms with Crippen molar-refractivity contribution in [1.82, 2.24) is 5.32 Å². The Bertz CT molecular complexity index is 869. The molecular weight excluding hydrogens is 362 g/mol. The predicted molar refractivity (Wildman–Crippen MR) is 106 cm³/mol. The first-order chi connectivity index (χ1) is 13.4. The highest BCUT2D eigenvalue weighted by Crippen LogP contribution is 2.22. The number of hydrogen-bond acceptors (Lipinski definition) is 3. The first-order valence-electron chi connectivity index (χ1n) is 9.33. The minimum absolute atomic E-state index is 0.0336. The van der Waals surface area contributed by atoms with Gasteiger partial charge in [0.15, 0.2) is 11.6 Å². The van der Waals surface area contributed by atoms with E-state index in [-0.39, 0.29) is 23.6 Å². The highest BCUT2D eigenvalue weighted by molar-refractivity contribution is 5.92. The van der Waals surface area contributed by atoms with Gasteiger partial charge in [-0.1, -0.05) is 24.3 Å². The Morgan fingerprint density at radius 3 is 2.86 bits per heavy atom. The molecule has 1 aliphatic rings. The summed E-state index contributed by atoms with van der Waals surface area (Å²) in [4.78, 5) is 14.4. The molecule has 0 saturated carbocycles. The molecule has 2 aromatic rings. The summed E-state index contributed by atoms with van der Waals surface area (Å²) in [6, 6.07) is 11.6. The number of ether oxygens (including phenoxy) is 1. The molecule has 0 spiro atoms. The lowest BCUT2D eigenvalue weighted by Crippen LogP contribution is -2.41. The van der Waals surface area contributed by atoms with E-state index in [0.717, 1.165) is 30.4 Å². The van der Waals surface area contributed by atoms with Crippen LogP contribution in [0.3, 0.4) is 0 Å². The zero-order valence-electron chi connectivity index (χ0n) is 16.0. The molecule has 1 fully saturated rings. The zero-order valence-corrected chi connectivity index (χ0v) is 16.0. The first kappa shape index (κ1) is 20.0. The van der Waals surface area contributed by atoms with Gasteiger partial charge >= 0.3 is 0 Å². The number of nitrogens with zero attached hydrogens (tertiary/aromatic N) is 1. The molecule has 1 N–H and O–H groups in total. The lowest BCUT2D eigenvalue weighted by Gasteiger charge is -2.33. The molecular formula is C22H24F2N2O2. The summed E-state index contributed by atoms with van der Waals surface area (Å²) in [6.07, 6.45) is 2.66. The van der Waals surface area contributed by atoms with Crippen molar-refractivity contribution in [2.45, 2.75) is 26.0 Å². The van der Waals surface area contributed by atoms with E-state index in [1.165, 1.54) is 24.3 Å². The van der Waals surface area contributed by atoms with Gasteiger partial charge in [-0.15, -0.1) is 0 Å². The maximum Gasteiger partial charge on any atom is 0.244 e. The maximum absolute atomic E-state index is 13.7. The highest BCUT2D eigenvalue weighted by atomic mass is 19.2. The fraction of sp³-hybridized carbons (Fsp3) is 0.318. The van der Waals surface area contributed by atoms with Crippen molar-refractivity contribution in [2.24, 2.45) is 0 Å². The molecule has 1 heterocycles. The zero-order chi connectivity index (χ0) is 20.1. The van der Waals surface area contributed by atoms with Crippen molar-refractivity contribution in [3.05, 3.63) is 71.3 Å². The van der Waals surface area contributed by atoms with Gasteiger partial charge in [0.05, 0.1) is 18.8 Å². The Morgan fingerprint density at radius 2 is 2.07 bits per heavy atom. The van der Waals surface area contributed by atoms with Crippen LogP contribution in [-0.2, 0) is 9.53 Å². The molecule has 0 aliphatic carbocycles. The van der Waals surface area contributed by atoms with Crippen LogP contribution in [0.25, 0.3) is 6.08 Å². The second-order valence-electron chi connectivity index (χ2n) is 6.93. The molecule has 1 saturated heterocycles. The number of rotatable bonds is 5. The Balaban J connectivity index is 1.65. The van der Waals surface area contributed by atoms with Crippen molar-refractivity contribution in [3.63, 3.8) is 0 Å². The topological polar surface area (TPSA) is 41.6 Å². The molecule has 2 aromatic carbocycles. The largest absolute Gasteiger partial charge is 0.375 e. The summed E-state index contributed by atoms with van der Waals surface area (Å²) in [6.45, 7) is 6.28. The fourth-order valence-corrected chi connectivity index (χ4v) is 3.20. The van der Waals surface area contributed by atoms with E-state index in [4.69, 9.17) is 4.74 Å². The summed E-state index contributed by atoms with van der Waals surface area (Å²) in [5.74, 6) is -2.28. The standard InChI is InChI=1S/C22H24F2N2O2/c1-15-14-26(11-12-28-15)19-7-3-6-18(13-19)16(2)25-21(27)10-9-17-5-4-8-20(23)22(17)24/h3-10,13,15-16H,11-12,14H2,1-2H3,(H,25,27)/b10-9+. The number of halogens is 2. The van der Waals surface area contributed by atoms with Gasteiger partial charge in [-0.3, -0.25) is 4.79 Å². The minimum Gasteiger partial charge on any atom is -0.375 e. The number of hydrogen-bond donors (Lipinski definition) is 1. The lowest BCUT2D eigenvalue weighted by atomic mass is 10.1. The van der Waals surface area contributed by atoms with E-state index in [1.54, 1.807) is 0 Å². The maximum atomic E-state index is 13.7. The predicted octanol–water partition coefficient (Wildman–Crippen LogP) is 4.08. The summed E-state index contributed by atoms with van der Waals surface area (Å²) in [7, 11) is 0. The van der Waals surface area contributed by atoms with Gasteiger partial charge in [-0.2, -0.15) is 0 Å². The van der Waals surface area contributed by atoms with Crippen molar-refractivity contribution in [1.29, 1.82) is 0 Å². The number of amides is 1. The molecule has 148 valence electrons. The van der Waals surface area contributed by atoms with Crippen molar-refractivity contribution in [2.75, 3.05) is 24.6 Å². The first-order valence-corrected chi connectivity index (χ1v) is 9.33. The number of benzene rings is 2. The van der Waals surface area contributed by atoms with E-state index >= 15 is 0 Å². The van der Waals surface area contributed by atoms with Gasteiger partial charge in [0.2, 0.25) is 5.91 Å². The molecule has 2 unspecified atom stereocenters. The van der Waals surface area contributed by atoms with Crippen molar-refractivity contribution >= 4 is 17.7 Å². The van der Waals surface area contributed by atoms with Gasteiger partial charge in [0, 0.05) is 30.4 Å². The van der Waals surface area contributed by atoms with Gasteiger partial charge in [-0.25, -0.2) is 8.78 Å². The van der Waals surface area contributed by atoms with Crippen LogP contribution < -0.4 is 10.2 Å². The van der Waals surface area contributed by atoms with E-state index in [0.29, 0.717) is 6.61 Å². The third kappa shape index (κ3) is 4.95. The quantitative estimate of drug-likeness (QED) is 0.788. The van der Waals surface area contributed by atoms with Crippen molar-refractivity contribution < 1.29 is 18.3 Å². The monoisotopic (exact) mass is 386 g/mol. The van der Waals surface area contributed by atoms with E-state index in [9.17, 15) is 13.6 Å². The second kappa shape index (κ2) is 8.97. The molecule has 0 aromatic heterocycles. The SMILES string of the molecule is CC1CN(c2cccc(C(C)NC(=O)/C=C/c3cccc(F)c3F)c2)CCO1. The van der Waals surface area contributed by atoms with Crippen LogP contribution in [0.15, 0.2) is 48.5 Å². The van der Waals surface area contributed by atoms with Gasteiger partial charge in [0.1, 0.15) is 0 Å².